The van der Waals surface area contributed by atoms with Crippen LogP contribution in [0.3, 0.4) is 0 Å². The summed E-state index contributed by atoms with van der Waals surface area (Å²) in [6.45, 7) is 4.20. The summed E-state index contributed by atoms with van der Waals surface area (Å²) in [7, 11) is 0. The van der Waals surface area contributed by atoms with Crippen LogP contribution in [0.2, 0.25) is 0 Å². The summed E-state index contributed by atoms with van der Waals surface area (Å²) in [4.78, 5) is 18.5. The molecule has 1 N–H and O–H groups in total. The average molecular weight is 439 g/mol. The molecule has 1 aliphatic heterocycles. The van der Waals surface area contributed by atoms with Gasteiger partial charge in [0, 0.05) is 29.1 Å². The predicted molar refractivity (Wildman–Crippen MR) is 131 cm³/mol. The number of ether oxygens (including phenoxy) is 1. The van der Waals surface area contributed by atoms with E-state index in [1.807, 2.05) is 104 Å². The Bertz CT molecular complexity index is 1210. The maximum Gasteiger partial charge on any atom is 0.334 e. The highest BCUT2D eigenvalue weighted by Crippen LogP contribution is 2.41. The van der Waals surface area contributed by atoms with Crippen molar-refractivity contribution in [2.24, 2.45) is 0 Å². The largest absolute Gasteiger partial charge is 0.489 e. The first kappa shape index (κ1) is 22.1. The van der Waals surface area contributed by atoms with E-state index in [9.17, 15) is 9.90 Å². The molecular formula is C28H26N2O3. The van der Waals surface area contributed by atoms with Crippen molar-refractivity contribution >= 4 is 17.7 Å². The Balaban J connectivity index is 1.64. The Morgan fingerprint density at radius 1 is 1.06 bits per heavy atom. The number of carboxylic acid groups (broad SMARTS) is 1. The van der Waals surface area contributed by atoms with Crippen molar-refractivity contribution in [3.8, 4) is 5.75 Å². The van der Waals surface area contributed by atoms with Gasteiger partial charge in [-0.05, 0) is 43.7 Å². The van der Waals surface area contributed by atoms with E-state index in [4.69, 9.17) is 4.74 Å². The molecule has 0 amide bonds. The summed E-state index contributed by atoms with van der Waals surface area (Å²) in [6.07, 6.45) is 9.37. The standard InChI is InChI=1S/C28H26N2O3/c1-20-18-25(27(28(31)32)21(2)30(20)23-13-8-16-29-19-23)24-14-6-7-15-26(24)33-17-9-12-22-10-4-3-5-11-22/h3-16,18-19,25H,17H2,1-2H3,(H,31,32). The lowest BCUT2D eigenvalue weighted by Crippen LogP contribution is -2.29. The molecule has 0 aliphatic carbocycles. The van der Waals surface area contributed by atoms with Crippen molar-refractivity contribution in [3.05, 3.63) is 119 Å². The Labute approximate surface area is 194 Å². The van der Waals surface area contributed by atoms with E-state index in [0.717, 1.165) is 22.5 Å². The summed E-state index contributed by atoms with van der Waals surface area (Å²) in [6, 6.07) is 21.4. The third-order valence-electron chi connectivity index (χ3n) is 5.63. The second-order valence-electron chi connectivity index (χ2n) is 7.80. The molecule has 1 atom stereocenters. The van der Waals surface area contributed by atoms with Gasteiger partial charge in [0.2, 0.25) is 0 Å². The lowest BCUT2D eigenvalue weighted by atomic mass is 9.85. The first-order chi connectivity index (χ1) is 16.1. The van der Waals surface area contributed by atoms with Crippen LogP contribution in [0, 0.1) is 0 Å². The molecule has 0 fully saturated rings. The van der Waals surface area contributed by atoms with E-state index in [1.165, 1.54) is 0 Å². The van der Waals surface area contributed by atoms with Gasteiger partial charge >= 0.3 is 5.97 Å². The number of aliphatic carboxylic acids is 1. The van der Waals surface area contributed by atoms with Crippen molar-refractivity contribution in [1.29, 1.82) is 0 Å². The fourth-order valence-corrected chi connectivity index (χ4v) is 4.18. The number of rotatable bonds is 7. The van der Waals surface area contributed by atoms with Crippen LogP contribution >= 0.6 is 0 Å². The molecule has 0 saturated heterocycles. The van der Waals surface area contributed by atoms with Gasteiger partial charge in [0.05, 0.1) is 17.5 Å². The quantitative estimate of drug-likeness (QED) is 0.487. The third-order valence-corrected chi connectivity index (χ3v) is 5.63. The molecule has 2 heterocycles. The molecule has 0 spiro atoms. The van der Waals surface area contributed by atoms with E-state index in [0.29, 0.717) is 23.6 Å². The number of aromatic nitrogens is 1. The summed E-state index contributed by atoms with van der Waals surface area (Å²) < 4.78 is 6.07. The minimum atomic E-state index is -0.950. The zero-order valence-corrected chi connectivity index (χ0v) is 18.7. The highest BCUT2D eigenvalue weighted by Gasteiger charge is 2.32. The fourth-order valence-electron chi connectivity index (χ4n) is 4.18. The number of hydrogen-bond acceptors (Lipinski definition) is 4. The van der Waals surface area contributed by atoms with Crippen molar-refractivity contribution < 1.29 is 14.6 Å². The second kappa shape index (κ2) is 10.0. The summed E-state index contributed by atoms with van der Waals surface area (Å²) >= 11 is 0. The van der Waals surface area contributed by atoms with E-state index >= 15 is 0 Å². The maximum atomic E-state index is 12.4. The topological polar surface area (TPSA) is 62.7 Å². The zero-order chi connectivity index (χ0) is 23.2. The Morgan fingerprint density at radius 2 is 1.82 bits per heavy atom. The van der Waals surface area contributed by atoms with Crippen molar-refractivity contribution in [1.82, 2.24) is 4.98 Å². The van der Waals surface area contributed by atoms with E-state index in [1.54, 1.807) is 12.4 Å². The minimum absolute atomic E-state index is 0.320. The second-order valence-corrected chi connectivity index (χ2v) is 7.80. The molecule has 1 aromatic heterocycles. The van der Waals surface area contributed by atoms with Gasteiger partial charge in [-0.2, -0.15) is 0 Å². The molecule has 0 saturated carbocycles. The van der Waals surface area contributed by atoms with Gasteiger partial charge in [0.25, 0.3) is 0 Å². The fraction of sp³-hybridized carbons (Fsp3) is 0.143. The molecule has 1 aliphatic rings. The van der Waals surface area contributed by atoms with E-state index in [2.05, 4.69) is 4.98 Å². The number of allylic oxidation sites excluding steroid dienone is 3. The molecule has 33 heavy (non-hydrogen) atoms. The van der Waals surface area contributed by atoms with Gasteiger partial charge in [-0.25, -0.2) is 4.79 Å². The zero-order valence-electron chi connectivity index (χ0n) is 18.7. The molecule has 4 rings (SSSR count). The van der Waals surface area contributed by atoms with Crippen molar-refractivity contribution in [3.63, 3.8) is 0 Å². The number of carbonyl (C=O) groups is 1. The number of hydrogen-bond donors (Lipinski definition) is 1. The van der Waals surface area contributed by atoms with E-state index < -0.39 is 11.9 Å². The Morgan fingerprint density at radius 3 is 2.55 bits per heavy atom. The Hall–Kier alpha value is -4.12. The predicted octanol–water partition coefficient (Wildman–Crippen LogP) is 6.04. The average Bonchev–Trinajstić information content (AvgIpc) is 2.83. The number of benzene rings is 2. The first-order valence-corrected chi connectivity index (χ1v) is 10.8. The molecule has 2 aromatic carbocycles. The number of carboxylic acids is 1. The Kier molecular flexibility index (Phi) is 6.69. The van der Waals surface area contributed by atoms with Crippen LogP contribution in [0.1, 0.15) is 30.9 Å². The SMILES string of the molecule is CC1=CC(c2ccccc2OCC=Cc2ccccc2)C(C(=O)O)=C(C)N1c1cccnc1. The summed E-state index contributed by atoms with van der Waals surface area (Å²) in [5.41, 5.74) is 4.68. The molecule has 1 unspecified atom stereocenters. The van der Waals surface area contributed by atoms with E-state index in [-0.39, 0.29) is 0 Å². The molecule has 0 radical (unpaired) electrons. The van der Waals surface area contributed by atoms with Crippen molar-refractivity contribution in [2.45, 2.75) is 19.8 Å². The maximum absolute atomic E-state index is 12.4. The van der Waals surface area contributed by atoms with Crippen LogP contribution in [-0.2, 0) is 4.79 Å². The van der Waals surface area contributed by atoms with Gasteiger partial charge in [0.1, 0.15) is 12.4 Å². The highest BCUT2D eigenvalue weighted by atomic mass is 16.5. The van der Waals surface area contributed by atoms with Crippen LogP contribution in [0.15, 0.2) is 108 Å². The normalized spacial score (nSPS) is 16.1. The minimum Gasteiger partial charge on any atom is -0.489 e. The molecule has 3 aromatic rings. The number of pyridine rings is 1. The van der Waals surface area contributed by atoms with Gasteiger partial charge in [0.15, 0.2) is 0 Å². The highest BCUT2D eigenvalue weighted by molar-refractivity contribution is 5.92. The van der Waals surface area contributed by atoms with Gasteiger partial charge < -0.3 is 14.7 Å². The van der Waals surface area contributed by atoms with Gasteiger partial charge in [-0.15, -0.1) is 0 Å². The molecule has 0 bridgehead atoms. The molecular weight excluding hydrogens is 412 g/mol. The van der Waals surface area contributed by atoms with Crippen LogP contribution in [0.25, 0.3) is 6.08 Å². The summed E-state index contributed by atoms with van der Waals surface area (Å²) in [5.74, 6) is -0.704. The van der Waals surface area contributed by atoms with Crippen LogP contribution in [0.4, 0.5) is 5.69 Å². The molecule has 5 heteroatoms. The number of nitrogens with zero attached hydrogens (tertiary/aromatic N) is 2. The molecule has 5 nitrogen and oxygen atoms in total. The lowest BCUT2D eigenvalue weighted by Gasteiger charge is -2.34. The first-order valence-electron chi connectivity index (χ1n) is 10.8. The number of anilines is 1. The van der Waals surface area contributed by atoms with Gasteiger partial charge in [-0.1, -0.05) is 60.7 Å². The summed E-state index contributed by atoms with van der Waals surface area (Å²) in [5, 5.41) is 10.1. The number of para-hydroxylation sites is 1. The monoisotopic (exact) mass is 438 g/mol. The third kappa shape index (κ3) is 4.88. The van der Waals surface area contributed by atoms with Crippen molar-refractivity contribution in [2.75, 3.05) is 11.5 Å². The van der Waals surface area contributed by atoms with Gasteiger partial charge in [-0.3, -0.25) is 4.98 Å². The van der Waals surface area contributed by atoms with Crippen LogP contribution in [-0.4, -0.2) is 22.7 Å². The van der Waals surface area contributed by atoms with Crippen LogP contribution < -0.4 is 9.64 Å². The molecule has 166 valence electrons. The smallest absolute Gasteiger partial charge is 0.334 e. The lowest BCUT2D eigenvalue weighted by molar-refractivity contribution is -0.133. The van der Waals surface area contributed by atoms with Crippen LogP contribution in [0.5, 0.6) is 5.75 Å².